The second-order valence-corrected chi connectivity index (χ2v) is 8.60. The largest absolute Gasteiger partial charge is 0.356 e. The molecule has 31 heavy (non-hydrogen) atoms. The third-order valence-electron chi connectivity index (χ3n) is 5.95. The zero-order valence-corrected chi connectivity index (χ0v) is 17.9. The fraction of sp³-hybridized carbons (Fsp3) is 0.250. The van der Waals surface area contributed by atoms with Gasteiger partial charge in [-0.05, 0) is 41.2 Å². The molecule has 0 spiro atoms. The Morgan fingerprint density at radius 3 is 2.48 bits per heavy atom. The average Bonchev–Trinajstić information content (AvgIpc) is 3.11. The molecule has 0 aliphatic carbocycles. The fourth-order valence-corrected chi connectivity index (χ4v) is 4.53. The Kier molecular flexibility index (Phi) is 4.89. The summed E-state index contributed by atoms with van der Waals surface area (Å²) in [7, 11) is 0. The molecule has 4 aromatic rings. The third-order valence-corrected chi connectivity index (χ3v) is 6.24. The zero-order chi connectivity index (χ0) is 21.7. The first kappa shape index (κ1) is 19.9. The Morgan fingerprint density at radius 1 is 1.10 bits per heavy atom. The molecular formula is C24H21ClF2N4. The molecule has 4 nitrogen and oxygen atoms in total. The van der Waals surface area contributed by atoms with Gasteiger partial charge >= 0.3 is 0 Å². The van der Waals surface area contributed by atoms with Gasteiger partial charge in [0.15, 0.2) is 5.82 Å². The van der Waals surface area contributed by atoms with E-state index in [4.69, 9.17) is 11.6 Å². The van der Waals surface area contributed by atoms with Gasteiger partial charge in [0.1, 0.15) is 5.82 Å². The van der Waals surface area contributed by atoms with Crippen molar-refractivity contribution >= 4 is 28.5 Å². The number of nitrogens with one attached hydrogen (secondary N) is 1. The van der Waals surface area contributed by atoms with Crippen LogP contribution in [0.3, 0.4) is 0 Å². The van der Waals surface area contributed by atoms with E-state index in [1.54, 1.807) is 6.07 Å². The van der Waals surface area contributed by atoms with Crippen molar-refractivity contribution in [1.29, 1.82) is 0 Å². The summed E-state index contributed by atoms with van der Waals surface area (Å²) < 4.78 is 27.6. The lowest BCUT2D eigenvalue weighted by molar-refractivity contribution is 0.596. The highest BCUT2D eigenvalue weighted by atomic mass is 35.5. The summed E-state index contributed by atoms with van der Waals surface area (Å²) in [5.41, 5.74) is 5.06. The summed E-state index contributed by atoms with van der Waals surface area (Å²) in [6.07, 6.45) is 3.06. The minimum atomic E-state index is -0.477. The Hall–Kier alpha value is -2.99. The van der Waals surface area contributed by atoms with Crippen LogP contribution in [0.25, 0.3) is 10.9 Å². The molecule has 0 saturated carbocycles. The molecule has 1 aliphatic heterocycles. The monoisotopic (exact) mass is 438 g/mol. The predicted molar refractivity (Wildman–Crippen MR) is 119 cm³/mol. The SMILES string of the molecule is CC(C)c1ccc(C2c3[nH]c4cc(F)c(Cl)cc4c3CCN2c2ncc(F)cn2)cc1. The molecule has 0 amide bonds. The van der Waals surface area contributed by atoms with Crippen LogP contribution in [0, 0.1) is 11.6 Å². The van der Waals surface area contributed by atoms with Crippen molar-refractivity contribution < 1.29 is 8.78 Å². The smallest absolute Gasteiger partial charge is 0.226 e. The molecule has 2 aromatic carbocycles. The number of anilines is 1. The Bertz CT molecular complexity index is 1250. The van der Waals surface area contributed by atoms with Crippen LogP contribution in [-0.2, 0) is 6.42 Å². The van der Waals surface area contributed by atoms with Gasteiger partial charge in [-0.2, -0.15) is 0 Å². The van der Waals surface area contributed by atoms with Crippen molar-refractivity contribution in [3.8, 4) is 0 Å². The lowest BCUT2D eigenvalue weighted by Gasteiger charge is -2.36. The van der Waals surface area contributed by atoms with E-state index in [2.05, 4.69) is 58.0 Å². The molecule has 1 N–H and O–H groups in total. The van der Waals surface area contributed by atoms with Crippen molar-refractivity contribution in [2.24, 2.45) is 0 Å². The highest BCUT2D eigenvalue weighted by Gasteiger charge is 2.33. The number of aromatic nitrogens is 3. The van der Waals surface area contributed by atoms with Crippen molar-refractivity contribution in [2.75, 3.05) is 11.4 Å². The van der Waals surface area contributed by atoms with Crippen LogP contribution in [0.15, 0.2) is 48.8 Å². The predicted octanol–water partition coefficient (Wildman–Crippen LogP) is 6.17. The topological polar surface area (TPSA) is 44.8 Å². The van der Waals surface area contributed by atoms with Gasteiger partial charge in [0.05, 0.1) is 23.5 Å². The van der Waals surface area contributed by atoms with Gasteiger partial charge in [0.25, 0.3) is 0 Å². The maximum Gasteiger partial charge on any atom is 0.226 e. The van der Waals surface area contributed by atoms with Gasteiger partial charge in [-0.3, -0.25) is 0 Å². The zero-order valence-electron chi connectivity index (χ0n) is 17.2. The average molecular weight is 439 g/mol. The van der Waals surface area contributed by atoms with E-state index in [9.17, 15) is 8.78 Å². The van der Waals surface area contributed by atoms with Gasteiger partial charge in [-0.1, -0.05) is 49.7 Å². The quantitative estimate of drug-likeness (QED) is 0.416. The number of benzene rings is 2. The fourth-order valence-electron chi connectivity index (χ4n) is 4.36. The molecule has 0 saturated heterocycles. The Balaban J connectivity index is 1.69. The third kappa shape index (κ3) is 3.45. The maximum atomic E-state index is 14.1. The minimum Gasteiger partial charge on any atom is -0.356 e. The van der Waals surface area contributed by atoms with Crippen LogP contribution in [0.2, 0.25) is 5.02 Å². The molecule has 1 atom stereocenters. The number of halogens is 3. The summed E-state index contributed by atoms with van der Waals surface area (Å²) in [5, 5.41) is 1.03. The number of nitrogens with zero attached hydrogens (tertiary/aromatic N) is 3. The van der Waals surface area contributed by atoms with Crippen molar-refractivity contribution in [1.82, 2.24) is 15.0 Å². The molecule has 2 aromatic heterocycles. The Labute approximate surface area is 183 Å². The number of rotatable bonds is 3. The van der Waals surface area contributed by atoms with E-state index >= 15 is 0 Å². The van der Waals surface area contributed by atoms with Gasteiger partial charge in [-0.25, -0.2) is 18.7 Å². The molecule has 158 valence electrons. The van der Waals surface area contributed by atoms with Crippen molar-refractivity contribution in [2.45, 2.75) is 32.2 Å². The second-order valence-electron chi connectivity index (χ2n) is 8.20. The van der Waals surface area contributed by atoms with Crippen LogP contribution in [0.4, 0.5) is 14.7 Å². The molecule has 3 heterocycles. The number of hydrogen-bond donors (Lipinski definition) is 1. The lowest BCUT2D eigenvalue weighted by Crippen LogP contribution is -2.37. The van der Waals surface area contributed by atoms with Gasteiger partial charge in [0, 0.05) is 23.1 Å². The number of fused-ring (bicyclic) bond motifs is 3. The van der Waals surface area contributed by atoms with E-state index in [1.165, 1.54) is 24.0 Å². The lowest BCUT2D eigenvalue weighted by atomic mass is 9.91. The molecule has 7 heteroatoms. The summed E-state index contributed by atoms with van der Waals surface area (Å²) in [4.78, 5) is 13.9. The molecule has 0 radical (unpaired) electrons. The van der Waals surface area contributed by atoms with Gasteiger partial charge in [-0.15, -0.1) is 0 Å². The first-order chi connectivity index (χ1) is 14.9. The number of aromatic amines is 1. The van der Waals surface area contributed by atoms with Crippen LogP contribution >= 0.6 is 11.6 Å². The highest BCUT2D eigenvalue weighted by Crippen LogP contribution is 2.41. The highest BCUT2D eigenvalue weighted by molar-refractivity contribution is 6.31. The minimum absolute atomic E-state index is 0.108. The first-order valence-corrected chi connectivity index (χ1v) is 10.6. The molecular weight excluding hydrogens is 418 g/mol. The normalized spacial score (nSPS) is 16.2. The summed E-state index contributed by atoms with van der Waals surface area (Å²) in [5.74, 6) is -0.0575. The van der Waals surface area contributed by atoms with Crippen LogP contribution < -0.4 is 4.90 Å². The van der Waals surface area contributed by atoms with E-state index in [0.29, 0.717) is 30.3 Å². The molecule has 1 aliphatic rings. The van der Waals surface area contributed by atoms with E-state index in [0.717, 1.165) is 22.2 Å². The van der Waals surface area contributed by atoms with Crippen LogP contribution in [0.5, 0.6) is 0 Å². The standard InChI is InChI=1S/C24H21ClF2N4/c1-13(2)14-3-5-15(6-4-14)23-22-17(18-9-19(25)20(27)10-21(18)30-22)7-8-31(23)24-28-11-16(26)12-29-24/h3-6,9-13,23,30H,7-8H2,1-2H3. The number of hydrogen-bond acceptors (Lipinski definition) is 3. The van der Waals surface area contributed by atoms with Crippen LogP contribution in [-0.4, -0.2) is 21.5 Å². The van der Waals surface area contributed by atoms with Crippen molar-refractivity contribution in [3.05, 3.63) is 87.8 Å². The van der Waals surface area contributed by atoms with Gasteiger partial charge < -0.3 is 9.88 Å². The van der Waals surface area contributed by atoms with E-state index in [1.807, 2.05) is 0 Å². The van der Waals surface area contributed by atoms with E-state index < -0.39 is 11.6 Å². The molecule has 1 unspecified atom stereocenters. The molecule has 0 fully saturated rings. The molecule has 0 bridgehead atoms. The van der Waals surface area contributed by atoms with E-state index in [-0.39, 0.29) is 11.1 Å². The molecule has 5 rings (SSSR count). The van der Waals surface area contributed by atoms with Gasteiger partial charge in [0.2, 0.25) is 5.95 Å². The van der Waals surface area contributed by atoms with Crippen molar-refractivity contribution in [3.63, 3.8) is 0 Å². The summed E-state index contributed by atoms with van der Waals surface area (Å²) in [6, 6.07) is 11.4. The first-order valence-electron chi connectivity index (χ1n) is 10.3. The maximum absolute atomic E-state index is 14.1. The Morgan fingerprint density at radius 2 is 1.81 bits per heavy atom. The number of H-pyrrole nitrogens is 1. The second kappa shape index (κ2) is 7.61. The summed E-state index contributed by atoms with van der Waals surface area (Å²) >= 11 is 6.07. The van der Waals surface area contributed by atoms with Crippen LogP contribution in [0.1, 0.15) is 48.2 Å². The summed E-state index contributed by atoms with van der Waals surface area (Å²) in [6.45, 7) is 4.95.